The molecular weight excluding hydrogens is 337 g/mol. The van der Waals surface area contributed by atoms with E-state index in [9.17, 15) is 9.59 Å². The molecule has 1 fully saturated rings. The molecule has 0 saturated carbocycles. The molecule has 1 saturated heterocycles. The lowest BCUT2D eigenvalue weighted by Gasteiger charge is -2.46. The van der Waals surface area contributed by atoms with E-state index in [0.29, 0.717) is 9.98 Å². The second-order valence-electron chi connectivity index (χ2n) is 4.79. The van der Waals surface area contributed by atoms with Crippen LogP contribution in [0, 0.1) is 0 Å². The molecule has 0 N–H and O–H groups in total. The fourth-order valence-corrected chi connectivity index (χ4v) is 2.75. The summed E-state index contributed by atoms with van der Waals surface area (Å²) in [6.07, 6.45) is 0. The van der Waals surface area contributed by atoms with E-state index in [1.165, 1.54) is 0 Å². The SMILES string of the molecule is C=C(C)c1ccc(C2(C)N(Cl)C(=O)N(Cl)C(=O)N2Cl)cc1. The quantitative estimate of drug-likeness (QED) is 0.738. The van der Waals surface area contributed by atoms with Crippen molar-refractivity contribution in [3.63, 3.8) is 0 Å². The molecule has 8 heteroatoms. The van der Waals surface area contributed by atoms with Crippen molar-refractivity contribution in [3.8, 4) is 0 Å². The molecule has 4 amide bonds. The molecule has 1 heterocycles. The van der Waals surface area contributed by atoms with E-state index in [1.807, 2.05) is 6.92 Å². The number of urea groups is 2. The summed E-state index contributed by atoms with van der Waals surface area (Å²) in [6, 6.07) is 5.32. The Morgan fingerprint density at radius 1 is 1.05 bits per heavy atom. The Labute approximate surface area is 137 Å². The Bertz CT molecular complexity index is 596. The number of nitrogens with zero attached hydrogens (tertiary/aromatic N) is 3. The van der Waals surface area contributed by atoms with Gasteiger partial charge in [0.25, 0.3) is 0 Å². The van der Waals surface area contributed by atoms with E-state index in [2.05, 4.69) is 6.58 Å². The average molecular weight is 349 g/mol. The lowest BCUT2D eigenvalue weighted by molar-refractivity contribution is 0.0686. The fraction of sp³-hybridized carbons (Fsp3) is 0.231. The van der Waals surface area contributed by atoms with Gasteiger partial charge in [0.2, 0.25) is 0 Å². The Morgan fingerprint density at radius 2 is 1.48 bits per heavy atom. The zero-order chi connectivity index (χ0) is 15.9. The summed E-state index contributed by atoms with van der Waals surface area (Å²) in [5.41, 5.74) is 1.01. The normalized spacial score (nSPS) is 18.2. The molecule has 1 aromatic rings. The lowest BCUT2D eigenvalue weighted by Crippen LogP contribution is -2.62. The van der Waals surface area contributed by atoms with Gasteiger partial charge < -0.3 is 0 Å². The highest BCUT2D eigenvalue weighted by Crippen LogP contribution is 2.41. The van der Waals surface area contributed by atoms with Crippen molar-refractivity contribution >= 4 is 53.0 Å². The standard InChI is InChI=1S/C13H12Cl3N3O2/c1-8(2)9-4-6-10(7-5-9)13(3)18(15)11(20)17(14)12(21)19(13)16/h4-7H,1H2,2-3H3. The van der Waals surface area contributed by atoms with Crippen LogP contribution in [0.1, 0.15) is 25.0 Å². The first-order valence-corrected chi connectivity index (χ1v) is 6.95. The second kappa shape index (κ2) is 5.40. The first kappa shape index (κ1) is 15.9. The van der Waals surface area contributed by atoms with Crippen LogP contribution in [0.4, 0.5) is 9.59 Å². The van der Waals surface area contributed by atoms with Crippen LogP contribution in [0.15, 0.2) is 30.8 Å². The molecule has 0 atom stereocenters. The summed E-state index contributed by atoms with van der Waals surface area (Å²) < 4.78 is 1.89. The van der Waals surface area contributed by atoms with E-state index in [-0.39, 0.29) is 0 Å². The smallest absolute Gasteiger partial charge is 0.245 e. The minimum absolute atomic E-state index is 0.323. The summed E-state index contributed by atoms with van der Waals surface area (Å²) in [5.74, 6) is 0. The molecule has 21 heavy (non-hydrogen) atoms. The van der Waals surface area contributed by atoms with Crippen LogP contribution in [0.5, 0.6) is 0 Å². The van der Waals surface area contributed by atoms with Crippen LogP contribution in [0.2, 0.25) is 0 Å². The van der Waals surface area contributed by atoms with E-state index < -0.39 is 17.7 Å². The average Bonchev–Trinajstić information content (AvgIpc) is 2.49. The first-order chi connectivity index (χ1) is 9.71. The fourth-order valence-electron chi connectivity index (χ4n) is 1.98. The van der Waals surface area contributed by atoms with Gasteiger partial charge in [-0.1, -0.05) is 36.4 Å². The Hall–Kier alpha value is -1.43. The highest BCUT2D eigenvalue weighted by molar-refractivity contribution is 6.38. The van der Waals surface area contributed by atoms with Crippen LogP contribution in [0.25, 0.3) is 5.57 Å². The highest BCUT2D eigenvalue weighted by Gasteiger charge is 2.53. The molecule has 0 unspecified atom stereocenters. The minimum Gasteiger partial charge on any atom is -0.245 e. The third-order valence-corrected chi connectivity index (χ3v) is 4.60. The van der Waals surface area contributed by atoms with Crippen molar-refractivity contribution in [2.75, 3.05) is 0 Å². The predicted octanol–water partition coefficient (Wildman–Crippen LogP) is 4.51. The minimum atomic E-state index is -1.36. The van der Waals surface area contributed by atoms with Crippen molar-refractivity contribution in [1.29, 1.82) is 0 Å². The molecule has 0 radical (unpaired) electrons. The zero-order valence-corrected chi connectivity index (χ0v) is 13.6. The molecule has 0 bridgehead atoms. The van der Waals surface area contributed by atoms with E-state index >= 15 is 0 Å². The number of rotatable bonds is 2. The van der Waals surface area contributed by atoms with Crippen molar-refractivity contribution in [1.82, 2.24) is 13.3 Å². The third kappa shape index (κ3) is 2.35. The van der Waals surface area contributed by atoms with Gasteiger partial charge in [0, 0.05) is 40.9 Å². The number of halogens is 3. The monoisotopic (exact) mass is 347 g/mol. The van der Waals surface area contributed by atoms with Crippen molar-refractivity contribution in [3.05, 3.63) is 42.0 Å². The van der Waals surface area contributed by atoms with Gasteiger partial charge in [0.05, 0.1) is 0 Å². The number of hydrogen-bond acceptors (Lipinski definition) is 2. The van der Waals surface area contributed by atoms with Gasteiger partial charge in [-0.25, -0.2) is 18.4 Å². The maximum atomic E-state index is 11.9. The van der Waals surface area contributed by atoms with E-state index in [0.717, 1.165) is 20.0 Å². The number of amides is 4. The number of imide groups is 1. The topological polar surface area (TPSA) is 43.9 Å². The number of carbonyl (C=O) groups excluding carboxylic acids is 2. The molecule has 2 rings (SSSR count). The van der Waals surface area contributed by atoms with Crippen molar-refractivity contribution < 1.29 is 9.59 Å². The summed E-state index contributed by atoms with van der Waals surface area (Å²) in [6.45, 7) is 7.26. The Kier molecular flexibility index (Phi) is 4.10. The van der Waals surface area contributed by atoms with Gasteiger partial charge in [0.15, 0.2) is 5.66 Å². The van der Waals surface area contributed by atoms with Gasteiger partial charge >= 0.3 is 12.1 Å². The van der Waals surface area contributed by atoms with Crippen LogP contribution in [-0.4, -0.2) is 25.3 Å². The molecular formula is C13H12Cl3N3O2. The van der Waals surface area contributed by atoms with Crippen LogP contribution in [0.3, 0.4) is 0 Å². The summed E-state index contributed by atoms with van der Waals surface area (Å²) in [4.78, 5) is 23.8. The highest BCUT2D eigenvalue weighted by atomic mass is 35.5. The Balaban J connectivity index is 2.50. The molecule has 112 valence electrons. The van der Waals surface area contributed by atoms with Gasteiger partial charge in [-0.15, -0.1) is 4.42 Å². The number of carbonyl (C=O) groups is 2. The van der Waals surface area contributed by atoms with Crippen LogP contribution < -0.4 is 0 Å². The van der Waals surface area contributed by atoms with Gasteiger partial charge in [-0.05, 0) is 19.4 Å². The van der Waals surface area contributed by atoms with E-state index in [1.54, 1.807) is 31.2 Å². The molecule has 1 aliphatic rings. The molecule has 0 aliphatic carbocycles. The predicted molar refractivity (Wildman–Crippen MR) is 82.4 cm³/mol. The first-order valence-electron chi connectivity index (χ1n) is 5.93. The number of benzene rings is 1. The number of hydrogen-bond donors (Lipinski definition) is 0. The molecule has 5 nitrogen and oxygen atoms in total. The zero-order valence-electron chi connectivity index (χ0n) is 11.3. The van der Waals surface area contributed by atoms with Crippen LogP contribution >= 0.6 is 35.3 Å². The van der Waals surface area contributed by atoms with Gasteiger partial charge in [0.1, 0.15) is 0 Å². The third-order valence-electron chi connectivity index (χ3n) is 3.36. The summed E-state index contributed by atoms with van der Waals surface area (Å²) in [7, 11) is 0. The molecule has 1 aromatic carbocycles. The lowest BCUT2D eigenvalue weighted by atomic mass is 9.97. The number of allylic oxidation sites excluding steroid dienone is 1. The molecule has 0 spiro atoms. The summed E-state index contributed by atoms with van der Waals surface area (Å²) >= 11 is 17.6. The van der Waals surface area contributed by atoms with Crippen LogP contribution in [-0.2, 0) is 5.66 Å². The maximum Gasteiger partial charge on any atom is 0.360 e. The maximum absolute atomic E-state index is 11.9. The molecule has 0 aromatic heterocycles. The summed E-state index contributed by atoms with van der Waals surface area (Å²) in [5, 5.41) is 0. The van der Waals surface area contributed by atoms with E-state index in [4.69, 9.17) is 35.3 Å². The van der Waals surface area contributed by atoms with Gasteiger partial charge in [-0.3, -0.25) is 0 Å². The molecule has 1 aliphatic heterocycles. The van der Waals surface area contributed by atoms with Crippen molar-refractivity contribution in [2.24, 2.45) is 0 Å². The Morgan fingerprint density at radius 3 is 1.86 bits per heavy atom. The second-order valence-corrected chi connectivity index (χ2v) is 5.80. The van der Waals surface area contributed by atoms with Gasteiger partial charge in [-0.2, -0.15) is 0 Å². The van der Waals surface area contributed by atoms with Crippen molar-refractivity contribution in [2.45, 2.75) is 19.5 Å². The largest absolute Gasteiger partial charge is 0.360 e.